The van der Waals surface area contributed by atoms with Gasteiger partial charge in [0.2, 0.25) is 0 Å². The molecule has 116 valence electrons. The van der Waals surface area contributed by atoms with Crippen molar-refractivity contribution in [1.82, 2.24) is 14.5 Å². The van der Waals surface area contributed by atoms with Crippen LogP contribution in [0.15, 0.2) is 59.7 Å². The Morgan fingerprint density at radius 3 is 2.58 bits per heavy atom. The Bertz CT molecular complexity index is 1130. The Balaban J connectivity index is 1.88. The van der Waals surface area contributed by atoms with Crippen molar-refractivity contribution in [3.8, 4) is 28.8 Å². The zero-order valence-electron chi connectivity index (χ0n) is 12.4. The topological polar surface area (TPSA) is 97.6 Å². The predicted molar refractivity (Wildman–Crippen MR) is 90.1 cm³/mol. The van der Waals surface area contributed by atoms with E-state index in [2.05, 4.69) is 9.97 Å². The molecule has 0 atom stereocenters. The van der Waals surface area contributed by atoms with Crippen LogP contribution < -0.4 is 5.56 Å². The van der Waals surface area contributed by atoms with E-state index >= 15 is 0 Å². The molecule has 6 heteroatoms. The number of fused-ring (bicyclic) bond motifs is 1. The predicted octanol–water partition coefficient (Wildman–Crippen LogP) is 2.89. The van der Waals surface area contributed by atoms with Gasteiger partial charge in [-0.25, -0.2) is 0 Å². The van der Waals surface area contributed by atoms with Crippen LogP contribution in [0.25, 0.3) is 28.0 Å². The first-order chi connectivity index (χ1) is 11.7. The van der Waals surface area contributed by atoms with Crippen molar-refractivity contribution in [3.05, 3.63) is 70.8 Å². The second-order valence-corrected chi connectivity index (χ2v) is 5.37. The van der Waals surface area contributed by atoms with Gasteiger partial charge in [-0.2, -0.15) is 5.26 Å². The number of rotatable bonds is 2. The molecule has 6 nitrogen and oxygen atoms in total. The summed E-state index contributed by atoms with van der Waals surface area (Å²) in [5.74, 6) is -0.310. The minimum atomic E-state index is -0.595. The molecule has 0 unspecified atom stereocenters. The van der Waals surface area contributed by atoms with Gasteiger partial charge in [-0.05, 0) is 35.9 Å². The van der Waals surface area contributed by atoms with E-state index in [9.17, 15) is 9.90 Å². The number of nitriles is 1. The number of aromatic amines is 2. The van der Waals surface area contributed by atoms with Crippen LogP contribution in [0.4, 0.5) is 0 Å². The number of H-pyrrole nitrogens is 2. The summed E-state index contributed by atoms with van der Waals surface area (Å²) in [5, 5.41) is 19.4. The van der Waals surface area contributed by atoms with Crippen molar-refractivity contribution in [3.63, 3.8) is 0 Å². The Morgan fingerprint density at radius 1 is 1.12 bits per heavy atom. The second-order valence-electron chi connectivity index (χ2n) is 5.37. The van der Waals surface area contributed by atoms with Crippen molar-refractivity contribution in [2.75, 3.05) is 0 Å². The molecule has 0 saturated carbocycles. The molecule has 0 saturated heterocycles. The molecule has 3 aromatic heterocycles. The van der Waals surface area contributed by atoms with Gasteiger partial charge in [0.25, 0.3) is 5.56 Å². The fraction of sp³-hybridized carbons (Fsp3) is 0. The molecule has 3 heterocycles. The SMILES string of the molecule is N#Cc1c(O)c2c(ccn2-c2ccc(-c3ccc[nH]3)cc2)[nH]c1=O. The summed E-state index contributed by atoms with van der Waals surface area (Å²) >= 11 is 0. The first-order valence-corrected chi connectivity index (χ1v) is 7.29. The summed E-state index contributed by atoms with van der Waals surface area (Å²) in [6.45, 7) is 0. The first kappa shape index (κ1) is 13.9. The summed E-state index contributed by atoms with van der Waals surface area (Å²) < 4.78 is 1.74. The van der Waals surface area contributed by atoms with E-state index in [1.165, 1.54) is 0 Å². The van der Waals surface area contributed by atoms with E-state index in [0.717, 1.165) is 16.9 Å². The molecule has 0 bridgehead atoms. The molecule has 0 aliphatic carbocycles. The number of pyridine rings is 1. The van der Waals surface area contributed by atoms with E-state index < -0.39 is 5.56 Å². The molecule has 0 radical (unpaired) electrons. The zero-order chi connectivity index (χ0) is 16.7. The minimum Gasteiger partial charge on any atom is -0.504 e. The molecule has 24 heavy (non-hydrogen) atoms. The highest BCUT2D eigenvalue weighted by Gasteiger charge is 2.15. The monoisotopic (exact) mass is 316 g/mol. The van der Waals surface area contributed by atoms with Gasteiger partial charge < -0.3 is 19.6 Å². The zero-order valence-corrected chi connectivity index (χ0v) is 12.4. The van der Waals surface area contributed by atoms with E-state index in [0.29, 0.717) is 11.0 Å². The second kappa shape index (κ2) is 5.18. The lowest BCUT2D eigenvalue weighted by Gasteiger charge is -2.08. The normalized spacial score (nSPS) is 10.8. The minimum absolute atomic E-state index is 0.287. The van der Waals surface area contributed by atoms with Crippen LogP contribution in [0.5, 0.6) is 5.75 Å². The summed E-state index contributed by atoms with van der Waals surface area (Å²) in [6, 6.07) is 15.1. The highest BCUT2D eigenvalue weighted by Crippen LogP contribution is 2.29. The number of hydrogen-bond donors (Lipinski definition) is 3. The van der Waals surface area contributed by atoms with E-state index in [1.807, 2.05) is 42.6 Å². The van der Waals surface area contributed by atoms with Crippen LogP contribution in [0.3, 0.4) is 0 Å². The van der Waals surface area contributed by atoms with Gasteiger partial charge in [0.1, 0.15) is 11.6 Å². The molecule has 4 rings (SSSR count). The summed E-state index contributed by atoms with van der Waals surface area (Å²) in [5.41, 5.74) is 2.86. The Morgan fingerprint density at radius 2 is 1.92 bits per heavy atom. The fourth-order valence-electron chi connectivity index (χ4n) is 2.82. The average Bonchev–Trinajstić information content (AvgIpc) is 3.25. The quantitative estimate of drug-likeness (QED) is 0.530. The molecular formula is C18H12N4O2. The van der Waals surface area contributed by atoms with Crippen LogP contribution in [0, 0.1) is 11.3 Å². The number of aromatic nitrogens is 3. The van der Waals surface area contributed by atoms with Crippen molar-refractivity contribution in [2.24, 2.45) is 0 Å². The Kier molecular flexibility index (Phi) is 3.00. The molecule has 0 amide bonds. The molecule has 1 aromatic carbocycles. The van der Waals surface area contributed by atoms with Crippen LogP contribution in [0.1, 0.15) is 5.56 Å². The first-order valence-electron chi connectivity index (χ1n) is 7.29. The lowest BCUT2D eigenvalue weighted by molar-refractivity contribution is 0.476. The third kappa shape index (κ3) is 2.00. The average molecular weight is 316 g/mol. The lowest BCUT2D eigenvalue weighted by Crippen LogP contribution is -2.10. The van der Waals surface area contributed by atoms with Crippen molar-refractivity contribution in [1.29, 1.82) is 5.26 Å². The van der Waals surface area contributed by atoms with E-state index in [-0.39, 0.29) is 11.3 Å². The lowest BCUT2D eigenvalue weighted by atomic mass is 10.1. The van der Waals surface area contributed by atoms with Gasteiger partial charge in [0.05, 0.1) is 5.52 Å². The summed E-state index contributed by atoms with van der Waals surface area (Å²) in [6.07, 6.45) is 3.60. The van der Waals surface area contributed by atoms with E-state index in [1.54, 1.807) is 22.9 Å². The van der Waals surface area contributed by atoms with Gasteiger partial charge in [-0.1, -0.05) is 12.1 Å². The van der Waals surface area contributed by atoms with Crippen LogP contribution >= 0.6 is 0 Å². The maximum atomic E-state index is 11.8. The van der Waals surface area contributed by atoms with Gasteiger partial charge in [-0.15, -0.1) is 0 Å². The maximum absolute atomic E-state index is 11.8. The van der Waals surface area contributed by atoms with Crippen molar-refractivity contribution in [2.45, 2.75) is 0 Å². The molecule has 4 aromatic rings. The highest BCUT2D eigenvalue weighted by molar-refractivity contribution is 5.86. The number of benzene rings is 1. The standard InChI is InChI=1S/C18H12N4O2/c19-10-13-17(23)16-15(21-18(13)24)7-9-22(16)12-5-3-11(4-6-12)14-2-1-8-20-14/h1-9,20H,(H2,21,23,24). The number of nitrogens with one attached hydrogen (secondary N) is 2. The highest BCUT2D eigenvalue weighted by atomic mass is 16.3. The third-order valence-electron chi connectivity index (χ3n) is 3.99. The van der Waals surface area contributed by atoms with Crippen molar-refractivity contribution >= 4 is 11.0 Å². The maximum Gasteiger partial charge on any atom is 0.270 e. The van der Waals surface area contributed by atoms with Gasteiger partial charge in [0, 0.05) is 23.8 Å². The number of hydrogen-bond acceptors (Lipinski definition) is 3. The van der Waals surface area contributed by atoms with Crippen LogP contribution in [0.2, 0.25) is 0 Å². The Hall–Kier alpha value is -3.72. The molecular weight excluding hydrogens is 304 g/mol. The Labute approximate surface area is 136 Å². The largest absolute Gasteiger partial charge is 0.504 e. The van der Waals surface area contributed by atoms with Crippen LogP contribution in [-0.4, -0.2) is 19.6 Å². The number of aromatic hydroxyl groups is 1. The van der Waals surface area contributed by atoms with Crippen molar-refractivity contribution < 1.29 is 5.11 Å². The summed E-state index contributed by atoms with van der Waals surface area (Å²) in [4.78, 5) is 17.5. The fourth-order valence-corrected chi connectivity index (χ4v) is 2.82. The molecule has 0 aliphatic heterocycles. The molecule has 3 N–H and O–H groups in total. The molecule has 0 aliphatic rings. The molecule has 0 fully saturated rings. The van der Waals surface area contributed by atoms with Gasteiger partial charge in [-0.3, -0.25) is 4.79 Å². The van der Waals surface area contributed by atoms with Gasteiger partial charge >= 0.3 is 0 Å². The third-order valence-corrected chi connectivity index (χ3v) is 3.99. The van der Waals surface area contributed by atoms with E-state index in [4.69, 9.17) is 5.26 Å². The summed E-state index contributed by atoms with van der Waals surface area (Å²) in [7, 11) is 0. The molecule has 0 spiro atoms. The smallest absolute Gasteiger partial charge is 0.270 e. The number of nitrogens with zero attached hydrogens (tertiary/aromatic N) is 2. The van der Waals surface area contributed by atoms with Crippen LogP contribution in [-0.2, 0) is 0 Å². The van der Waals surface area contributed by atoms with Gasteiger partial charge in [0.15, 0.2) is 11.3 Å².